The molecule has 0 saturated carbocycles. The zero-order chi connectivity index (χ0) is 44.3. The number of fused-ring (bicyclic) bond motifs is 7. The van der Waals surface area contributed by atoms with E-state index in [4.69, 9.17) is 4.42 Å². The minimum atomic E-state index is 0.900. The molecular weight excluding hydrogens is 813 g/mol. The quantitative estimate of drug-likeness (QED) is 0.152. The van der Waals surface area contributed by atoms with Crippen molar-refractivity contribution in [1.29, 1.82) is 0 Å². The second-order valence-electron chi connectivity index (χ2n) is 17.3. The fourth-order valence-electron chi connectivity index (χ4n) is 10.2. The molecular formula is C64H42N2O. The summed E-state index contributed by atoms with van der Waals surface area (Å²) in [7, 11) is 0. The van der Waals surface area contributed by atoms with Gasteiger partial charge in [0.15, 0.2) is 0 Å². The molecule has 0 amide bonds. The topological polar surface area (TPSA) is 21.3 Å². The van der Waals surface area contributed by atoms with E-state index in [1.54, 1.807) is 0 Å². The summed E-state index contributed by atoms with van der Waals surface area (Å²) < 4.78 is 8.55. The lowest BCUT2D eigenvalue weighted by Crippen LogP contribution is -2.10. The lowest BCUT2D eigenvalue weighted by atomic mass is 9.95. The highest BCUT2D eigenvalue weighted by atomic mass is 16.3. The Morgan fingerprint density at radius 2 is 0.761 bits per heavy atom. The van der Waals surface area contributed by atoms with E-state index in [0.717, 1.165) is 55.8 Å². The first-order chi connectivity index (χ1) is 33.2. The van der Waals surface area contributed by atoms with Gasteiger partial charge < -0.3 is 13.9 Å². The standard InChI is InChI=1S/C64H42N2O/c1-3-13-43(14-4-1)44-23-25-45(26-24-44)46-27-33-51(34-28-46)65(52-35-29-47(30-36-52)48-32-40-64-59(41-48)57-20-10-12-22-63(57)67-64)61-39-37-53(54-17-7-8-18-55(54)61)49-31-38-62-58(42-49)56-19-9-11-21-60(56)66(62)50-15-5-2-6-16-50/h1-42H. The molecule has 2 aromatic heterocycles. The number of aromatic nitrogens is 1. The van der Waals surface area contributed by atoms with Gasteiger partial charge in [-0.3, -0.25) is 0 Å². The third kappa shape index (κ3) is 6.67. The van der Waals surface area contributed by atoms with E-state index in [1.807, 2.05) is 12.1 Å². The summed E-state index contributed by atoms with van der Waals surface area (Å²) in [5.41, 5.74) is 18.1. The lowest BCUT2D eigenvalue weighted by molar-refractivity contribution is 0.669. The van der Waals surface area contributed by atoms with Gasteiger partial charge in [0.2, 0.25) is 0 Å². The van der Waals surface area contributed by atoms with Gasteiger partial charge in [-0.1, -0.05) is 176 Å². The Morgan fingerprint density at radius 1 is 0.284 bits per heavy atom. The van der Waals surface area contributed by atoms with Crippen molar-refractivity contribution in [3.63, 3.8) is 0 Å². The number of nitrogens with zero attached hydrogens (tertiary/aromatic N) is 2. The zero-order valence-corrected chi connectivity index (χ0v) is 36.6. The maximum Gasteiger partial charge on any atom is 0.135 e. The van der Waals surface area contributed by atoms with Crippen molar-refractivity contribution >= 4 is 71.6 Å². The highest BCUT2D eigenvalue weighted by Gasteiger charge is 2.20. The van der Waals surface area contributed by atoms with Gasteiger partial charge in [0.1, 0.15) is 11.2 Å². The van der Waals surface area contributed by atoms with Crippen LogP contribution in [0, 0.1) is 0 Å². The first-order valence-electron chi connectivity index (χ1n) is 22.9. The van der Waals surface area contributed by atoms with Crippen molar-refractivity contribution in [2.75, 3.05) is 4.90 Å². The number of benzene rings is 11. The van der Waals surface area contributed by atoms with Crippen LogP contribution in [0.3, 0.4) is 0 Å². The fraction of sp³-hybridized carbons (Fsp3) is 0. The molecule has 314 valence electrons. The van der Waals surface area contributed by atoms with Crippen LogP contribution >= 0.6 is 0 Å². The molecule has 0 bridgehead atoms. The molecule has 0 aliphatic rings. The van der Waals surface area contributed by atoms with Gasteiger partial charge in [-0.2, -0.15) is 0 Å². The van der Waals surface area contributed by atoms with Crippen molar-refractivity contribution in [2.24, 2.45) is 0 Å². The molecule has 2 heterocycles. The van der Waals surface area contributed by atoms with E-state index >= 15 is 0 Å². The van der Waals surface area contributed by atoms with Crippen LogP contribution in [-0.4, -0.2) is 4.57 Å². The Morgan fingerprint density at radius 3 is 1.46 bits per heavy atom. The highest BCUT2D eigenvalue weighted by Crippen LogP contribution is 2.44. The van der Waals surface area contributed by atoms with Crippen LogP contribution in [0.25, 0.3) is 105 Å². The van der Waals surface area contributed by atoms with Gasteiger partial charge in [-0.05, 0) is 129 Å². The van der Waals surface area contributed by atoms with Crippen molar-refractivity contribution in [2.45, 2.75) is 0 Å². The van der Waals surface area contributed by atoms with Crippen LogP contribution in [0.1, 0.15) is 0 Å². The van der Waals surface area contributed by atoms with Crippen LogP contribution in [0.2, 0.25) is 0 Å². The van der Waals surface area contributed by atoms with Gasteiger partial charge >= 0.3 is 0 Å². The minimum absolute atomic E-state index is 0.900. The van der Waals surface area contributed by atoms with Gasteiger partial charge in [0, 0.05) is 44.0 Å². The number of hydrogen-bond acceptors (Lipinski definition) is 2. The molecule has 0 unspecified atom stereocenters. The van der Waals surface area contributed by atoms with Gasteiger partial charge in [-0.25, -0.2) is 0 Å². The second kappa shape index (κ2) is 16.0. The molecule has 0 spiro atoms. The van der Waals surface area contributed by atoms with E-state index in [2.05, 4.69) is 252 Å². The molecule has 0 aliphatic carbocycles. The molecule has 67 heavy (non-hydrogen) atoms. The maximum absolute atomic E-state index is 6.17. The molecule has 13 rings (SSSR count). The van der Waals surface area contributed by atoms with Crippen molar-refractivity contribution in [3.05, 3.63) is 255 Å². The summed E-state index contributed by atoms with van der Waals surface area (Å²) in [6, 6.07) is 92.0. The number of para-hydroxylation sites is 3. The van der Waals surface area contributed by atoms with Crippen LogP contribution in [0.15, 0.2) is 259 Å². The largest absolute Gasteiger partial charge is 0.456 e. The Hall–Kier alpha value is -8.92. The number of rotatable bonds is 8. The van der Waals surface area contributed by atoms with Gasteiger partial charge in [0.25, 0.3) is 0 Å². The molecule has 3 nitrogen and oxygen atoms in total. The lowest BCUT2D eigenvalue weighted by Gasteiger charge is -2.28. The van der Waals surface area contributed by atoms with Crippen LogP contribution in [0.5, 0.6) is 0 Å². The maximum atomic E-state index is 6.17. The molecule has 3 heteroatoms. The van der Waals surface area contributed by atoms with E-state index in [1.165, 1.54) is 66.0 Å². The van der Waals surface area contributed by atoms with E-state index < -0.39 is 0 Å². The zero-order valence-electron chi connectivity index (χ0n) is 36.6. The van der Waals surface area contributed by atoms with E-state index in [9.17, 15) is 0 Å². The fourth-order valence-corrected chi connectivity index (χ4v) is 10.2. The third-order valence-corrected chi connectivity index (χ3v) is 13.4. The summed E-state index contributed by atoms with van der Waals surface area (Å²) in [5.74, 6) is 0. The van der Waals surface area contributed by atoms with Crippen LogP contribution in [0.4, 0.5) is 17.1 Å². The first kappa shape index (κ1) is 38.5. The third-order valence-electron chi connectivity index (χ3n) is 13.4. The summed E-state index contributed by atoms with van der Waals surface area (Å²) in [5, 5.41) is 7.11. The molecule has 0 atom stereocenters. The molecule has 0 radical (unpaired) electrons. The number of furan rings is 1. The predicted molar refractivity (Wildman–Crippen MR) is 282 cm³/mol. The molecule has 0 fully saturated rings. The predicted octanol–water partition coefficient (Wildman–Crippen LogP) is 18.0. The highest BCUT2D eigenvalue weighted by molar-refractivity contribution is 6.13. The average Bonchev–Trinajstić information content (AvgIpc) is 3.95. The van der Waals surface area contributed by atoms with Gasteiger partial charge in [0.05, 0.1) is 16.7 Å². The Kier molecular flexibility index (Phi) is 9.17. The molecule has 13 aromatic rings. The van der Waals surface area contributed by atoms with Crippen molar-refractivity contribution in [3.8, 4) is 50.2 Å². The Balaban J connectivity index is 0.924. The van der Waals surface area contributed by atoms with Crippen LogP contribution < -0.4 is 4.90 Å². The SMILES string of the molecule is c1ccc(-c2ccc(-c3ccc(N(c4ccc(-c5ccc6oc7ccccc7c6c5)cc4)c4ccc(-c5ccc6c(c5)c5ccccc5n6-c5ccccc5)c5ccccc45)cc3)cc2)cc1. The summed E-state index contributed by atoms with van der Waals surface area (Å²) in [4.78, 5) is 2.40. The Labute approximate surface area is 388 Å². The first-order valence-corrected chi connectivity index (χ1v) is 22.9. The summed E-state index contributed by atoms with van der Waals surface area (Å²) in [6.07, 6.45) is 0. The van der Waals surface area contributed by atoms with Gasteiger partial charge in [-0.15, -0.1) is 0 Å². The second-order valence-corrected chi connectivity index (χ2v) is 17.3. The minimum Gasteiger partial charge on any atom is -0.456 e. The molecule has 0 aliphatic heterocycles. The molecule has 0 N–H and O–H groups in total. The normalized spacial score (nSPS) is 11.6. The van der Waals surface area contributed by atoms with E-state index in [0.29, 0.717) is 0 Å². The summed E-state index contributed by atoms with van der Waals surface area (Å²) >= 11 is 0. The van der Waals surface area contributed by atoms with E-state index in [-0.39, 0.29) is 0 Å². The molecule has 0 saturated heterocycles. The number of hydrogen-bond donors (Lipinski definition) is 0. The van der Waals surface area contributed by atoms with Crippen molar-refractivity contribution < 1.29 is 4.42 Å². The monoisotopic (exact) mass is 854 g/mol. The number of anilines is 3. The average molecular weight is 855 g/mol. The smallest absolute Gasteiger partial charge is 0.135 e. The Bertz CT molecular complexity index is 3940. The summed E-state index contributed by atoms with van der Waals surface area (Å²) in [6.45, 7) is 0. The molecule has 11 aromatic carbocycles. The van der Waals surface area contributed by atoms with Crippen molar-refractivity contribution in [1.82, 2.24) is 4.57 Å². The van der Waals surface area contributed by atoms with Crippen LogP contribution in [-0.2, 0) is 0 Å².